The van der Waals surface area contributed by atoms with Crippen LogP contribution in [0.3, 0.4) is 0 Å². The Morgan fingerprint density at radius 3 is 1.73 bits per heavy atom. The summed E-state index contributed by atoms with van der Waals surface area (Å²) in [5, 5.41) is 9.59. The zero-order valence-corrected chi connectivity index (χ0v) is 13.5. The van der Waals surface area contributed by atoms with Gasteiger partial charge in [-0.15, -0.1) is 0 Å². The molecule has 0 aliphatic heterocycles. The molecule has 22 heavy (non-hydrogen) atoms. The van der Waals surface area contributed by atoms with Crippen molar-refractivity contribution in [2.45, 2.75) is 6.92 Å². The van der Waals surface area contributed by atoms with Crippen LogP contribution in [0.4, 0.5) is 0 Å². The molecule has 8 heteroatoms. The fourth-order valence-electron chi connectivity index (χ4n) is 1.18. The number of carbonyl (C=O) groups excluding carboxylic acids is 1. The van der Waals surface area contributed by atoms with Crippen LogP contribution in [0.2, 0.25) is 0 Å². The van der Waals surface area contributed by atoms with Gasteiger partial charge in [0.05, 0.1) is 39.6 Å². The molecule has 0 radical (unpaired) electrons. The van der Waals surface area contributed by atoms with Gasteiger partial charge < -0.3 is 33.5 Å². The molecule has 0 heterocycles. The third-order valence-corrected chi connectivity index (χ3v) is 2.42. The molecule has 0 spiro atoms. The van der Waals surface area contributed by atoms with Crippen LogP contribution in [0.1, 0.15) is 6.92 Å². The molecular formula is C14H26O8. The number of carbonyl (C=O) groups is 1. The lowest BCUT2D eigenvalue weighted by molar-refractivity contribution is -0.141. The van der Waals surface area contributed by atoms with Gasteiger partial charge in [0.1, 0.15) is 18.8 Å². The molecule has 0 unspecified atom stereocenters. The topological polar surface area (TPSA) is 92.7 Å². The molecule has 1 N–H and O–H groups in total. The van der Waals surface area contributed by atoms with Gasteiger partial charge in [-0.1, -0.05) is 0 Å². The Kier molecular flexibility index (Phi) is 13.7. The van der Waals surface area contributed by atoms with Gasteiger partial charge in [0.25, 0.3) is 5.95 Å². The van der Waals surface area contributed by atoms with Gasteiger partial charge >= 0.3 is 5.97 Å². The summed E-state index contributed by atoms with van der Waals surface area (Å²) in [7, 11) is 3.15. The van der Waals surface area contributed by atoms with Crippen LogP contribution in [-0.4, -0.2) is 78.2 Å². The van der Waals surface area contributed by atoms with Crippen molar-refractivity contribution in [2.24, 2.45) is 0 Å². The summed E-state index contributed by atoms with van der Waals surface area (Å²) in [6.07, 6.45) is 0. The molecular weight excluding hydrogens is 296 g/mol. The quantitative estimate of drug-likeness (QED) is 0.216. The molecule has 0 atom stereocenters. The number of aliphatic hydroxyl groups is 1. The van der Waals surface area contributed by atoms with Gasteiger partial charge in [-0.3, -0.25) is 0 Å². The first kappa shape index (κ1) is 20.6. The lowest BCUT2D eigenvalue weighted by Gasteiger charge is -2.09. The van der Waals surface area contributed by atoms with Crippen molar-refractivity contribution >= 4 is 5.97 Å². The van der Waals surface area contributed by atoms with E-state index in [0.717, 1.165) is 0 Å². The van der Waals surface area contributed by atoms with Crippen molar-refractivity contribution in [1.29, 1.82) is 0 Å². The van der Waals surface area contributed by atoms with E-state index in [-0.39, 0.29) is 32.0 Å². The van der Waals surface area contributed by atoms with E-state index in [9.17, 15) is 9.90 Å². The fourth-order valence-corrected chi connectivity index (χ4v) is 1.18. The van der Waals surface area contributed by atoms with E-state index in [2.05, 4.69) is 0 Å². The number of hydrogen-bond acceptors (Lipinski definition) is 8. The summed E-state index contributed by atoms with van der Waals surface area (Å²) >= 11 is 0. The Hall–Kier alpha value is -1.35. The highest BCUT2D eigenvalue weighted by Gasteiger charge is 2.13. The summed E-state index contributed by atoms with van der Waals surface area (Å²) in [6.45, 7) is 4.01. The highest BCUT2D eigenvalue weighted by Crippen LogP contribution is 2.05. The van der Waals surface area contributed by atoms with Gasteiger partial charge in [0.15, 0.2) is 0 Å². The molecule has 0 aromatic carbocycles. The molecule has 0 aliphatic rings. The van der Waals surface area contributed by atoms with Crippen molar-refractivity contribution in [3.63, 3.8) is 0 Å². The van der Waals surface area contributed by atoms with Gasteiger partial charge in [0.2, 0.25) is 0 Å². The summed E-state index contributed by atoms with van der Waals surface area (Å²) in [5.74, 6) is -1.13. The van der Waals surface area contributed by atoms with E-state index in [1.165, 1.54) is 6.92 Å². The number of aliphatic hydroxyl groups excluding tert-OH is 1. The second-order valence-corrected chi connectivity index (χ2v) is 4.12. The minimum absolute atomic E-state index is 0.00576. The Morgan fingerprint density at radius 1 is 0.773 bits per heavy atom. The van der Waals surface area contributed by atoms with Crippen LogP contribution >= 0.6 is 0 Å². The Balaban J connectivity index is 3.78. The van der Waals surface area contributed by atoms with Crippen LogP contribution in [0.5, 0.6) is 0 Å². The summed E-state index contributed by atoms with van der Waals surface area (Å²) < 4.78 is 29.8. The molecule has 0 aromatic rings. The molecule has 0 bridgehead atoms. The number of ether oxygens (including phenoxy) is 6. The zero-order chi connectivity index (χ0) is 16.6. The summed E-state index contributed by atoms with van der Waals surface area (Å²) in [4.78, 5) is 11.6. The van der Waals surface area contributed by atoms with Crippen molar-refractivity contribution < 1.29 is 38.3 Å². The van der Waals surface area contributed by atoms with E-state index in [1.807, 2.05) is 0 Å². The number of rotatable bonds is 14. The normalized spacial score (nSPS) is 12.0. The van der Waals surface area contributed by atoms with Crippen molar-refractivity contribution in [3.8, 4) is 0 Å². The molecule has 0 aliphatic carbocycles. The Labute approximate surface area is 130 Å². The monoisotopic (exact) mass is 322 g/mol. The second kappa shape index (κ2) is 14.6. The maximum Gasteiger partial charge on any atom is 0.341 e. The molecule has 0 amide bonds. The number of methoxy groups -OCH3 is 2. The summed E-state index contributed by atoms with van der Waals surface area (Å²) in [6, 6.07) is 0. The highest BCUT2D eigenvalue weighted by atomic mass is 16.6. The smallest absolute Gasteiger partial charge is 0.341 e. The molecule has 8 nitrogen and oxygen atoms in total. The second-order valence-electron chi connectivity index (χ2n) is 4.12. The van der Waals surface area contributed by atoms with Crippen molar-refractivity contribution in [2.75, 3.05) is 67.1 Å². The lowest BCUT2D eigenvalue weighted by atomic mass is 10.3. The first-order valence-corrected chi connectivity index (χ1v) is 6.96. The number of esters is 1. The first-order valence-electron chi connectivity index (χ1n) is 6.96. The summed E-state index contributed by atoms with van der Waals surface area (Å²) in [5.41, 5.74) is -0.00576. The van der Waals surface area contributed by atoms with Crippen LogP contribution < -0.4 is 0 Å². The maximum absolute atomic E-state index is 11.6. The minimum Gasteiger partial charge on any atom is -0.481 e. The fraction of sp³-hybridized carbons (Fsp3) is 0.786. The third-order valence-electron chi connectivity index (χ3n) is 2.42. The zero-order valence-electron chi connectivity index (χ0n) is 13.5. The Morgan fingerprint density at radius 2 is 1.23 bits per heavy atom. The predicted octanol–water partition coefficient (Wildman–Crippen LogP) is 0.662. The first-order chi connectivity index (χ1) is 10.6. The molecule has 0 saturated heterocycles. The van der Waals surface area contributed by atoms with Gasteiger partial charge in [0, 0.05) is 14.2 Å². The third kappa shape index (κ3) is 11.3. The minimum atomic E-state index is -0.659. The number of hydrogen-bond donors (Lipinski definition) is 1. The average molecular weight is 322 g/mol. The van der Waals surface area contributed by atoms with Crippen LogP contribution in [0, 0.1) is 0 Å². The predicted molar refractivity (Wildman–Crippen MR) is 77.6 cm³/mol. The van der Waals surface area contributed by atoms with E-state index < -0.39 is 11.9 Å². The largest absolute Gasteiger partial charge is 0.481 e. The highest BCUT2D eigenvalue weighted by molar-refractivity contribution is 5.87. The van der Waals surface area contributed by atoms with Crippen LogP contribution in [-0.2, 0) is 33.2 Å². The molecule has 130 valence electrons. The van der Waals surface area contributed by atoms with Gasteiger partial charge in [-0.05, 0) is 6.92 Å². The Bertz CT molecular complexity index is 316. The van der Waals surface area contributed by atoms with E-state index >= 15 is 0 Å². The standard InChI is InChI=1S/C14H26O8/c1-12(13(15)21-10-8-19-6-4-17-2)14(16)22-11-9-20-7-5-18-3/h15H,4-11H2,1-3H3/b13-12+. The van der Waals surface area contributed by atoms with Crippen molar-refractivity contribution in [1.82, 2.24) is 0 Å². The van der Waals surface area contributed by atoms with E-state index in [1.54, 1.807) is 14.2 Å². The van der Waals surface area contributed by atoms with Crippen molar-refractivity contribution in [3.05, 3.63) is 11.5 Å². The average Bonchev–Trinajstić information content (AvgIpc) is 2.52. The molecule has 0 rings (SSSR count). The molecule has 0 aromatic heterocycles. The van der Waals surface area contributed by atoms with Crippen LogP contribution in [0.25, 0.3) is 0 Å². The lowest BCUT2D eigenvalue weighted by Crippen LogP contribution is -2.15. The SMILES string of the molecule is COCCOCCOC(=O)/C(C)=C(\O)OCCOCCOC. The van der Waals surface area contributed by atoms with E-state index in [4.69, 9.17) is 28.4 Å². The maximum atomic E-state index is 11.6. The molecule has 0 fully saturated rings. The van der Waals surface area contributed by atoms with Gasteiger partial charge in [-0.2, -0.15) is 0 Å². The van der Waals surface area contributed by atoms with Crippen LogP contribution in [0.15, 0.2) is 11.5 Å². The van der Waals surface area contributed by atoms with E-state index in [0.29, 0.717) is 26.4 Å². The van der Waals surface area contributed by atoms with Gasteiger partial charge in [-0.25, -0.2) is 4.79 Å². The molecule has 0 saturated carbocycles.